The molecule has 0 bridgehead atoms. The van der Waals surface area contributed by atoms with Gasteiger partial charge in [0.15, 0.2) is 0 Å². The molecule has 0 radical (unpaired) electrons. The fourth-order valence-corrected chi connectivity index (χ4v) is 3.10. The summed E-state index contributed by atoms with van der Waals surface area (Å²) in [6.45, 7) is 3.89. The van der Waals surface area contributed by atoms with Crippen molar-refractivity contribution in [1.29, 1.82) is 0 Å². The van der Waals surface area contributed by atoms with Gasteiger partial charge < -0.3 is 15.5 Å². The van der Waals surface area contributed by atoms with E-state index in [1.54, 1.807) is 12.4 Å². The Balaban J connectivity index is 1.87. The van der Waals surface area contributed by atoms with Crippen molar-refractivity contribution in [1.82, 2.24) is 19.9 Å². The summed E-state index contributed by atoms with van der Waals surface area (Å²) in [6.07, 6.45) is 4.56. The van der Waals surface area contributed by atoms with Crippen molar-refractivity contribution in [2.24, 2.45) is 0 Å². The van der Waals surface area contributed by atoms with Crippen LogP contribution in [-0.2, 0) is 0 Å². The number of aromatic nitrogens is 3. The molecule has 0 aliphatic heterocycles. The zero-order chi connectivity index (χ0) is 19.9. The lowest BCUT2D eigenvalue weighted by atomic mass is 10.2. The van der Waals surface area contributed by atoms with Crippen LogP contribution in [0.1, 0.15) is 12.0 Å². The van der Waals surface area contributed by atoms with Crippen LogP contribution in [0.4, 0.5) is 17.5 Å². The van der Waals surface area contributed by atoms with Gasteiger partial charge in [-0.25, -0.2) is 4.98 Å². The Hall–Kier alpha value is -2.51. The molecule has 3 rings (SSSR count). The van der Waals surface area contributed by atoms with Crippen molar-refractivity contribution in [3.8, 4) is 11.3 Å². The largest absolute Gasteiger partial charge is 0.354 e. The molecule has 2 N–H and O–H groups in total. The van der Waals surface area contributed by atoms with Gasteiger partial charge in [-0.3, -0.25) is 4.98 Å². The van der Waals surface area contributed by atoms with Gasteiger partial charge in [0.2, 0.25) is 5.95 Å². The molecular formula is C21H25BrN6. The molecule has 0 fully saturated rings. The van der Waals surface area contributed by atoms with Crippen LogP contribution in [0.3, 0.4) is 0 Å². The molecule has 0 atom stereocenters. The minimum Gasteiger partial charge on any atom is -0.354 e. The molecule has 0 amide bonds. The van der Waals surface area contributed by atoms with E-state index in [0.717, 1.165) is 52.3 Å². The number of hydrogen-bond donors (Lipinski definition) is 2. The van der Waals surface area contributed by atoms with Crippen molar-refractivity contribution < 1.29 is 0 Å². The highest BCUT2D eigenvalue weighted by Gasteiger charge is 2.09. The average molecular weight is 441 g/mol. The summed E-state index contributed by atoms with van der Waals surface area (Å²) in [4.78, 5) is 15.6. The molecule has 1 aromatic carbocycles. The molecule has 0 saturated carbocycles. The number of nitrogens with zero attached hydrogens (tertiary/aromatic N) is 4. The highest BCUT2D eigenvalue weighted by molar-refractivity contribution is 9.10. The number of pyridine rings is 1. The molecule has 0 unspecified atom stereocenters. The van der Waals surface area contributed by atoms with Crippen molar-refractivity contribution in [2.75, 3.05) is 37.8 Å². The van der Waals surface area contributed by atoms with Gasteiger partial charge in [-0.2, -0.15) is 4.98 Å². The maximum atomic E-state index is 4.69. The third-order valence-electron chi connectivity index (χ3n) is 4.30. The first-order valence-corrected chi connectivity index (χ1v) is 10.0. The second kappa shape index (κ2) is 9.61. The first kappa shape index (κ1) is 20.2. The summed E-state index contributed by atoms with van der Waals surface area (Å²) in [7, 11) is 4.14. The lowest BCUT2D eigenvalue weighted by Gasteiger charge is -2.14. The fourth-order valence-electron chi connectivity index (χ4n) is 2.74. The SMILES string of the molecule is Cc1c(Br)cccc1Nc1cc(-c2ccncc2)nc(NCCCN(C)C)n1. The second-order valence-electron chi connectivity index (χ2n) is 6.82. The Labute approximate surface area is 174 Å². The van der Waals surface area contributed by atoms with Crippen LogP contribution in [0.2, 0.25) is 0 Å². The van der Waals surface area contributed by atoms with Crippen LogP contribution in [0.5, 0.6) is 0 Å². The second-order valence-corrected chi connectivity index (χ2v) is 7.67. The molecule has 6 nitrogen and oxygen atoms in total. The molecule has 146 valence electrons. The number of anilines is 3. The summed E-state index contributed by atoms with van der Waals surface area (Å²) < 4.78 is 1.06. The molecule has 0 aliphatic rings. The number of rotatable bonds is 8. The topological polar surface area (TPSA) is 66.0 Å². The minimum absolute atomic E-state index is 0.614. The van der Waals surface area contributed by atoms with Gasteiger partial charge in [0, 0.05) is 40.7 Å². The molecule has 0 spiro atoms. The summed E-state index contributed by atoms with van der Waals surface area (Å²) in [5.74, 6) is 1.36. The lowest BCUT2D eigenvalue weighted by Crippen LogP contribution is -2.17. The molecule has 0 saturated heterocycles. The van der Waals surface area contributed by atoms with E-state index in [9.17, 15) is 0 Å². The van der Waals surface area contributed by atoms with Crippen LogP contribution >= 0.6 is 15.9 Å². The lowest BCUT2D eigenvalue weighted by molar-refractivity contribution is 0.405. The zero-order valence-electron chi connectivity index (χ0n) is 16.4. The van der Waals surface area contributed by atoms with Crippen molar-refractivity contribution >= 4 is 33.4 Å². The van der Waals surface area contributed by atoms with E-state index in [1.807, 2.05) is 36.4 Å². The highest BCUT2D eigenvalue weighted by Crippen LogP contribution is 2.28. The third-order valence-corrected chi connectivity index (χ3v) is 5.16. The Morgan fingerprint density at radius 3 is 2.61 bits per heavy atom. The van der Waals surface area contributed by atoms with Crippen molar-refractivity contribution in [3.63, 3.8) is 0 Å². The number of benzene rings is 1. The summed E-state index contributed by atoms with van der Waals surface area (Å²) in [6, 6.07) is 11.9. The van der Waals surface area contributed by atoms with Gasteiger partial charge in [0.05, 0.1) is 5.69 Å². The normalized spacial score (nSPS) is 10.9. The predicted octanol–water partition coefficient (Wildman–Crippen LogP) is 4.72. The number of halogens is 1. The van der Waals surface area contributed by atoms with Gasteiger partial charge in [0.25, 0.3) is 0 Å². The van der Waals surface area contributed by atoms with Crippen molar-refractivity contribution in [3.05, 3.63) is 58.8 Å². The number of nitrogens with one attached hydrogen (secondary N) is 2. The standard InChI is InChI=1S/C21H25BrN6/c1-15-17(22)6-4-7-18(15)25-20-14-19(16-8-11-23-12-9-16)26-21(27-20)24-10-5-13-28(2)3/h4,6-9,11-12,14H,5,10,13H2,1-3H3,(H2,24,25,26,27). The third kappa shape index (κ3) is 5.50. The van der Waals surface area contributed by atoms with Crippen LogP contribution in [-0.4, -0.2) is 47.0 Å². The van der Waals surface area contributed by atoms with Gasteiger partial charge in [-0.1, -0.05) is 22.0 Å². The molecule has 2 heterocycles. The van der Waals surface area contributed by atoms with E-state index in [2.05, 4.69) is 67.4 Å². The predicted molar refractivity (Wildman–Crippen MR) is 119 cm³/mol. The molecule has 0 aliphatic carbocycles. The highest BCUT2D eigenvalue weighted by atomic mass is 79.9. The molecule has 28 heavy (non-hydrogen) atoms. The van der Waals surface area contributed by atoms with Crippen LogP contribution in [0, 0.1) is 6.92 Å². The van der Waals surface area contributed by atoms with Gasteiger partial charge in [-0.05, 0) is 63.8 Å². The zero-order valence-corrected chi connectivity index (χ0v) is 18.0. The van der Waals surface area contributed by atoms with Gasteiger partial charge in [0.1, 0.15) is 5.82 Å². The van der Waals surface area contributed by atoms with Crippen LogP contribution in [0.15, 0.2) is 53.3 Å². The van der Waals surface area contributed by atoms with Crippen LogP contribution < -0.4 is 10.6 Å². The molecule has 7 heteroatoms. The quantitative estimate of drug-likeness (QED) is 0.494. The smallest absolute Gasteiger partial charge is 0.225 e. The first-order valence-electron chi connectivity index (χ1n) is 9.23. The van der Waals surface area contributed by atoms with E-state index in [-0.39, 0.29) is 0 Å². The number of hydrogen-bond acceptors (Lipinski definition) is 6. The average Bonchev–Trinajstić information content (AvgIpc) is 2.69. The molecule has 3 aromatic rings. The Morgan fingerprint density at radius 1 is 1.07 bits per heavy atom. The Morgan fingerprint density at radius 2 is 1.86 bits per heavy atom. The molecule has 2 aromatic heterocycles. The monoisotopic (exact) mass is 440 g/mol. The first-order chi connectivity index (χ1) is 13.5. The summed E-state index contributed by atoms with van der Waals surface area (Å²) >= 11 is 3.58. The van der Waals surface area contributed by atoms with Crippen molar-refractivity contribution in [2.45, 2.75) is 13.3 Å². The Bertz CT molecular complexity index is 914. The fraction of sp³-hybridized carbons (Fsp3) is 0.286. The maximum absolute atomic E-state index is 4.69. The maximum Gasteiger partial charge on any atom is 0.225 e. The van der Waals surface area contributed by atoms with E-state index in [0.29, 0.717) is 5.95 Å². The van der Waals surface area contributed by atoms with E-state index >= 15 is 0 Å². The van der Waals surface area contributed by atoms with Gasteiger partial charge in [-0.15, -0.1) is 0 Å². The van der Waals surface area contributed by atoms with E-state index < -0.39 is 0 Å². The summed E-state index contributed by atoms with van der Waals surface area (Å²) in [5, 5.41) is 6.78. The minimum atomic E-state index is 0.614. The molecular weight excluding hydrogens is 416 g/mol. The van der Waals surface area contributed by atoms with Gasteiger partial charge >= 0.3 is 0 Å². The van der Waals surface area contributed by atoms with Crippen LogP contribution in [0.25, 0.3) is 11.3 Å². The van der Waals surface area contributed by atoms with E-state index in [4.69, 9.17) is 0 Å². The Kier molecular flexibility index (Phi) is 6.95. The summed E-state index contributed by atoms with van der Waals surface area (Å²) in [5.41, 5.74) is 3.99. The van der Waals surface area contributed by atoms with E-state index in [1.165, 1.54) is 0 Å².